The molecule has 2 rings (SSSR count). The summed E-state index contributed by atoms with van der Waals surface area (Å²) >= 11 is 0. The second kappa shape index (κ2) is 7.56. The standard InChI is InChI=1S/C19H29N3O3/c1-19(2,3)16(18(24)25)21-17(23)14(20-4)10-12-11-22(5)15-9-7-6-8-13(12)15/h6-9,11,14,16,18,20,24-25H,10H2,1-5H3,(H,21,23). The summed E-state index contributed by atoms with van der Waals surface area (Å²) in [6.07, 6.45) is 0.936. The molecule has 6 heteroatoms. The van der Waals surface area contributed by atoms with Crippen LogP contribution in [0.5, 0.6) is 0 Å². The van der Waals surface area contributed by atoms with Crippen LogP contribution in [0.4, 0.5) is 0 Å². The average molecular weight is 347 g/mol. The monoisotopic (exact) mass is 347 g/mol. The Hall–Kier alpha value is -1.89. The number of hydrogen-bond acceptors (Lipinski definition) is 4. The van der Waals surface area contributed by atoms with Crippen molar-refractivity contribution >= 4 is 16.8 Å². The van der Waals surface area contributed by atoms with Gasteiger partial charge < -0.3 is 25.4 Å². The first-order valence-corrected chi connectivity index (χ1v) is 8.52. The first-order chi connectivity index (χ1) is 11.6. The Labute approximate surface area is 148 Å². The summed E-state index contributed by atoms with van der Waals surface area (Å²) < 4.78 is 2.05. The zero-order chi connectivity index (χ0) is 18.8. The van der Waals surface area contributed by atoms with E-state index in [2.05, 4.69) is 10.6 Å². The van der Waals surface area contributed by atoms with Gasteiger partial charge in [-0.25, -0.2) is 0 Å². The third-order valence-corrected chi connectivity index (χ3v) is 4.60. The van der Waals surface area contributed by atoms with Crippen LogP contribution < -0.4 is 10.6 Å². The number of aromatic nitrogens is 1. The van der Waals surface area contributed by atoms with Gasteiger partial charge in [-0.2, -0.15) is 0 Å². The van der Waals surface area contributed by atoms with E-state index < -0.39 is 23.8 Å². The zero-order valence-corrected chi connectivity index (χ0v) is 15.6. The maximum Gasteiger partial charge on any atom is 0.237 e. The van der Waals surface area contributed by atoms with Crippen molar-refractivity contribution in [3.8, 4) is 0 Å². The van der Waals surface area contributed by atoms with Crippen LogP contribution in [0.15, 0.2) is 30.5 Å². The predicted molar refractivity (Wildman–Crippen MR) is 99.1 cm³/mol. The van der Waals surface area contributed by atoms with Crippen molar-refractivity contribution in [2.45, 2.75) is 45.6 Å². The molecule has 1 aromatic carbocycles. The van der Waals surface area contributed by atoms with Crippen molar-refractivity contribution in [2.75, 3.05) is 7.05 Å². The summed E-state index contributed by atoms with van der Waals surface area (Å²) in [7, 11) is 3.72. The molecule has 0 bridgehead atoms. The number of benzene rings is 1. The summed E-state index contributed by atoms with van der Waals surface area (Å²) in [4.78, 5) is 12.7. The molecule has 4 N–H and O–H groups in total. The smallest absolute Gasteiger partial charge is 0.237 e. The van der Waals surface area contributed by atoms with Crippen molar-refractivity contribution in [1.82, 2.24) is 15.2 Å². The van der Waals surface area contributed by atoms with Gasteiger partial charge in [0.2, 0.25) is 5.91 Å². The Balaban J connectivity index is 2.20. The van der Waals surface area contributed by atoms with Gasteiger partial charge in [0.1, 0.15) is 0 Å². The number of fused-ring (bicyclic) bond motifs is 1. The van der Waals surface area contributed by atoms with Crippen LogP contribution in [0.25, 0.3) is 10.9 Å². The molecular weight excluding hydrogens is 318 g/mol. The van der Waals surface area contributed by atoms with Gasteiger partial charge >= 0.3 is 0 Å². The number of carbonyl (C=O) groups excluding carboxylic acids is 1. The Kier molecular flexibility index (Phi) is 5.87. The Morgan fingerprint density at radius 3 is 2.44 bits per heavy atom. The first kappa shape index (κ1) is 19.4. The van der Waals surface area contributed by atoms with E-state index in [0.717, 1.165) is 16.5 Å². The van der Waals surface area contributed by atoms with E-state index in [4.69, 9.17) is 0 Å². The van der Waals surface area contributed by atoms with Gasteiger partial charge in [0, 0.05) is 24.1 Å². The van der Waals surface area contributed by atoms with E-state index in [1.165, 1.54) is 0 Å². The molecule has 0 saturated carbocycles. The number of para-hydroxylation sites is 1. The average Bonchev–Trinajstić information content (AvgIpc) is 2.85. The minimum Gasteiger partial charge on any atom is -0.366 e. The molecule has 0 radical (unpaired) electrons. The zero-order valence-electron chi connectivity index (χ0n) is 15.6. The number of nitrogens with zero attached hydrogens (tertiary/aromatic N) is 1. The van der Waals surface area contributed by atoms with Crippen LogP contribution >= 0.6 is 0 Å². The highest BCUT2D eigenvalue weighted by Crippen LogP contribution is 2.23. The molecule has 1 amide bonds. The number of aliphatic hydroxyl groups excluding tert-OH is 1. The third kappa shape index (κ3) is 4.39. The van der Waals surface area contributed by atoms with E-state index in [0.29, 0.717) is 6.42 Å². The molecule has 0 aliphatic carbocycles. The van der Waals surface area contributed by atoms with Crippen LogP contribution in [0, 0.1) is 5.41 Å². The first-order valence-electron chi connectivity index (χ1n) is 8.52. The topological polar surface area (TPSA) is 86.5 Å². The number of aliphatic hydroxyl groups is 2. The Morgan fingerprint density at radius 2 is 1.88 bits per heavy atom. The van der Waals surface area contributed by atoms with Crippen LogP contribution in [-0.2, 0) is 18.3 Å². The lowest BCUT2D eigenvalue weighted by Crippen LogP contribution is -2.56. The summed E-state index contributed by atoms with van der Waals surface area (Å²) in [6, 6.07) is 6.86. The highest BCUT2D eigenvalue weighted by Gasteiger charge is 2.33. The Morgan fingerprint density at radius 1 is 1.24 bits per heavy atom. The maximum atomic E-state index is 12.7. The predicted octanol–water partition coefficient (Wildman–Crippen LogP) is 1.15. The second-order valence-corrected chi connectivity index (χ2v) is 7.59. The van der Waals surface area contributed by atoms with Gasteiger partial charge in [-0.15, -0.1) is 0 Å². The number of nitrogens with one attached hydrogen (secondary N) is 2. The summed E-state index contributed by atoms with van der Waals surface area (Å²) in [5.41, 5.74) is 1.72. The lowest BCUT2D eigenvalue weighted by molar-refractivity contribution is -0.133. The van der Waals surface area contributed by atoms with Crippen molar-refractivity contribution in [3.05, 3.63) is 36.0 Å². The largest absolute Gasteiger partial charge is 0.366 e. The number of aryl methyl sites for hydroxylation is 1. The molecule has 0 saturated heterocycles. The van der Waals surface area contributed by atoms with Gasteiger partial charge in [0.15, 0.2) is 6.29 Å². The molecule has 0 aliphatic rings. The van der Waals surface area contributed by atoms with Crippen LogP contribution in [0.3, 0.4) is 0 Å². The molecule has 2 aromatic rings. The van der Waals surface area contributed by atoms with Gasteiger partial charge in [-0.3, -0.25) is 4.79 Å². The maximum absolute atomic E-state index is 12.7. The second-order valence-electron chi connectivity index (χ2n) is 7.59. The normalized spacial score (nSPS) is 14.7. The van der Waals surface area contributed by atoms with Crippen molar-refractivity contribution in [3.63, 3.8) is 0 Å². The minimum absolute atomic E-state index is 0.247. The molecule has 1 aromatic heterocycles. The SMILES string of the molecule is CNC(Cc1cn(C)c2ccccc12)C(=O)NC(C(O)O)C(C)(C)C. The van der Waals surface area contributed by atoms with Crippen molar-refractivity contribution in [2.24, 2.45) is 12.5 Å². The van der Waals surface area contributed by atoms with Crippen LogP contribution in [-0.4, -0.2) is 46.1 Å². The lowest BCUT2D eigenvalue weighted by Gasteiger charge is -2.33. The highest BCUT2D eigenvalue weighted by atomic mass is 16.5. The lowest BCUT2D eigenvalue weighted by atomic mass is 9.86. The van der Waals surface area contributed by atoms with Gasteiger partial charge in [-0.1, -0.05) is 39.0 Å². The fraction of sp³-hybridized carbons (Fsp3) is 0.526. The summed E-state index contributed by atoms with van der Waals surface area (Å²) in [5, 5.41) is 26.1. The highest BCUT2D eigenvalue weighted by molar-refractivity contribution is 5.86. The quantitative estimate of drug-likeness (QED) is 0.591. The molecule has 0 aliphatic heterocycles. The molecule has 2 unspecified atom stereocenters. The molecule has 138 valence electrons. The number of hydrogen-bond donors (Lipinski definition) is 4. The summed E-state index contributed by atoms with van der Waals surface area (Å²) in [6.45, 7) is 5.57. The fourth-order valence-electron chi connectivity index (χ4n) is 3.13. The van der Waals surface area contributed by atoms with Gasteiger partial charge in [0.05, 0.1) is 12.1 Å². The number of amides is 1. The molecule has 2 atom stereocenters. The van der Waals surface area contributed by atoms with Gasteiger partial charge in [-0.05, 0) is 30.5 Å². The van der Waals surface area contributed by atoms with Crippen molar-refractivity contribution in [1.29, 1.82) is 0 Å². The van der Waals surface area contributed by atoms with Gasteiger partial charge in [0.25, 0.3) is 0 Å². The van der Waals surface area contributed by atoms with E-state index >= 15 is 0 Å². The fourth-order valence-corrected chi connectivity index (χ4v) is 3.13. The third-order valence-electron chi connectivity index (χ3n) is 4.60. The van der Waals surface area contributed by atoms with Crippen molar-refractivity contribution < 1.29 is 15.0 Å². The molecule has 25 heavy (non-hydrogen) atoms. The van der Waals surface area contributed by atoms with E-state index in [1.54, 1.807) is 7.05 Å². The van der Waals surface area contributed by atoms with E-state index in [9.17, 15) is 15.0 Å². The Bertz CT molecular complexity index is 731. The molecule has 6 nitrogen and oxygen atoms in total. The number of rotatable bonds is 6. The summed E-state index contributed by atoms with van der Waals surface area (Å²) in [5.74, 6) is -0.247. The number of carbonyl (C=O) groups is 1. The van der Waals surface area contributed by atoms with Crippen LogP contribution in [0.1, 0.15) is 26.3 Å². The minimum atomic E-state index is -1.61. The molecule has 0 fully saturated rings. The van der Waals surface area contributed by atoms with E-state index in [-0.39, 0.29) is 5.91 Å². The van der Waals surface area contributed by atoms with Crippen LogP contribution in [0.2, 0.25) is 0 Å². The molecule has 1 heterocycles. The molecular formula is C19H29N3O3. The number of likely N-dealkylation sites (N-methyl/N-ethyl adjacent to an activating group) is 1. The van der Waals surface area contributed by atoms with E-state index in [1.807, 2.05) is 62.8 Å². The molecule has 0 spiro atoms.